The number of nitrogens with zero attached hydrogens (tertiary/aromatic N) is 5. The highest BCUT2D eigenvalue weighted by molar-refractivity contribution is 5.92. The minimum absolute atomic E-state index is 0.0646. The Labute approximate surface area is 140 Å². The highest BCUT2D eigenvalue weighted by Gasteiger charge is 2.44. The summed E-state index contributed by atoms with van der Waals surface area (Å²) in [7, 11) is 0. The molecule has 4 heterocycles. The number of rotatable bonds is 2. The van der Waals surface area contributed by atoms with Crippen LogP contribution in [0, 0.1) is 0 Å². The van der Waals surface area contributed by atoms with Crippen LogP contribution >= 0.6 is 0 Å². The summed E-state index contributed by atoms with van der Waals surface area (Å²) < 4.78 is 5.39. The van der Waals surface area contributed by atoms with E-state index in [2.05, 4.69) is 9.97 Å². The number of amides is 3. The minimum Gasteiger partial charge on any atom is -0.381 e. The highest BCUT2D eigenvalue weighted by atomic mass is 16.5. The molecule has 24 heavy (non-hydrogen) atoms. The first-order chi connectivity index (χ1) is 11.7. The van der Waals surface area contributed by atoms with Crippen molar-refractivity contribution in [2.45, 2.75) is 24.9 Å². The Balaban J connectivity index is 1.44. The standard InChI is InChI=1S/C16H21N5O3/c22-15(14-9-17-3-4-18-14)19-5-6-20-13(10-19)11-21(16(20)23)12-1-7-24-8-2-12/h3-4,9,12-13H,1-2,5-8,10-11H2/t13-/m1/s1. The SMILES string of the molecule is O=C(c1cnccn1)N1CCN2C(=O)N(C3CCOCC3)C[C@H]2C1. The minimum atomic E-state index is -0.111. The molecule has 3 saturated heterocycles. The predicted molar refractivity (Wildman–Crippen MR) is 84.4 cm³/mol. The van der Waals surface area contributed by atoms with Crippen LogP contribution < -0.4 is 0 Å². The lowest BCUT2D eigenvalue weighted by molar-refractivity contribution is 0.0504. The van der Waals surface area contributed by atoms with Gasteiger partial charge in [0.1, 0.15) is 5.69 Å². The maximum Gasteiger partial charge on any atom is 0.320 e. The summed E-state index contributed by atoms with van der Waals surface area (Å²) in [5.41, 5.74) is 0.358. The molecular weight excluding hydrogens is 310 g/mol. The fourth-order valence-corrected chi connectivity index (χ4v) is 3.79. The van der Waals surface area contributed by atoms with Gasteiger partial charge in [0.25, 0.3) is 5.91 Å². The highest BCUT2D eigenvalue weighted by Crippen LogP contribution is 2.26. The van der Waals surface area contributed by atoms with Crippen LogP contribution in [0.4, 0.5) is 4.79 Å². The Kier molecular flexibility index (Phi) is 4.05. The van der Waals surface area contributed by atoms with E-state index < -0.39 is 0 Å². The van der Waals surface area contributed by atoms with Gasteiger partial charge in [-0.3, -0.25) is 9.78 Å². The molecule has 0 radical (unpaired) electrons. The van der Waals surface area contributed by atoms with Crippen LogP contribution in [0.15, 0.2) is 18.6 Å². The summed E-state index contributed by atoms with van der Waals surface area (Å²) in [4.78, 5) is 38.9. The van der Waals surface area contributed by atoms with E-state index in [9.17, 15) is 9.59 Å². The normalized spacial score (nSPS) is 25.1. The Bertz CT molecular complexity index is 619. The molecule has 0 aliphatic carbocycles. The zero-order valence-electron chi connectivity index (χ0n) is 13.5. The van der Waals surface area contributed by atoms with Gasteiger partial charge < -0.3 is 19.4 Å². The number of hydrogen-bond acceptors (Lipinski definition) is 5. The Hall–Kier alpha value is -2.22. The summed E-state index contributed by atoms with van der Waals surface area (Å²) in [5, 5.41) is 0. The molecule has 4 rings (SSSR count). The lowest BCUT2D eigenvalue weighted by Gasteiger charge is -2.36. The summed E-state index contributed by atoms with van der Waals surface area (Å²) in [6, 6.07) is 0.439. The molecule has 3 aliphatic heterocycles. The molecule has 0 saturated carbocycles. The fraction of sp³-hybridized carbons (Fsp3) is 0.625. The van der Waals surface area contributed by atoms with E-state index in [4.69, 9.17) is 4.74 Å². The van der Waals surface area contributed by atoms with Crippen molar-refractivity contribution in [3.05, 3.63) is 24.3 Å². The van der Waals surface area contributed by atoms with E-state index in [0.29, 0.717) is 31.9 Å². The molecule has 1 aromatic heterocycles. The maximum atomic E-state index is 12.7. The molecule has 0 spiro atoms. The third-order valence-corrected chi connectivity index (χ3v) is 5.08. The zero-order chi connectivity index (χ0) is 16.5. The molecule has 0 bridgehead atoms. The van der Waals surface area contributed by atoms with Gasteiger partial charge in [0.05, 0.1) is 12.2 Å². The van der Waals surface area contributed by atoms with Gasteiger partial charge in [0.15, 0.2) is 0 Å². The van der Waals surface area contributed by atoms with Crippen molar-refractivity contribution >= 4 is 11.9 Å². The molecule has 8 nitrogen and oxygen atoms in total. The molecule has 3 aliphatic rings. The number of carbonyl (C=O) groups excluding carboxylic acids is 2. The molecule has 128 valence electrons. The summed E-state index contributed by atoms with van der Waals surface area (Å²) in [5.74, 6) is -0.111. The number of hydrogen-bond donors (Lipinski definition) is 0. The molecule has 3 fully saturated rings. The lowest BCUT2D eigenvalue weighted by atomic mass is 10.1. The Morgan fingerprint density at radius 3 is 2.67 bits per heavy atom. The van der Waals surface area contributed by atoms with Gasteiger partial charge in [-0.15, -0.1) is 0 Å². The van der Waals surface area contributed by atoms with Crippen LogP contribution in [0.5, 0.6) is 0 Å². The molecule has 1 atom stereocenters. The summed E-state index contributed by atoms with van der Waals surface area (Å²) >= 11 is 0. The molecular formula is C16H21N5O3. The van der Waals surface area contributed by atoms with Gasteiger partial charge in [-0.1, -0.05) is 0 Å². The molecule has 3 amide bonds. The second kappa shape index (κ2) is 6.35. The van der Waals surface area contributed by atoms with Crippen molar-refractivity contribution in [2.75, 3.05) is 39.4 Å². The summed E-state index contributed by atoms with van der Waals surface area (Å²) in [6.45, 7) is 3.80. The van der Waals surface area contributed by atoms with Crippen LogP contribution in [0.2, 0.25) is 0 Å². The molecule has 0 aromatic carbocycles. The van der Waals surface area contributed by atoms with Crippen LogP contribution in [-0.4, -0.2) is 88.1 Å². The van der Waals surface area contributed by atoms with E-state index in [1.807, 2.05) is 9.80 Å². The van der Waals surface area contributed by atoms with Gasteiger partial charge in [0.2, 0.25) is 0 Å². The van der Waals surface area contributed by atoms with E-state index in [1.165, 1.54) is 12.4 Å². The Morgan fingerprint density at radius 2 is 1.92 bits per heavy atom. The summed E-state index contributed by atoms with van der Waals surface area (Å²) in [6.07, 6.45) is 6.36. The third kappa shape index (κ3) is 2.71. The van der Waals surface area contributed by atoms with Crippen LogP contribution in [-0.2, 0) is 4.74 Å². The van der Waals surface area contributed by atoms with E-state index in [-0.39, 0.29) is 24.0 Å². The van der Waals surface area contributed by atoms with Crippen molar-refractivity contribution < 1.29 is 14.3 Å². The maximum absolute atomic E-state index is 12.7. The number of aromatic nitrogens is 2. The van der Waals surface area contributed by atoms with Crippen LogP contribution in [0.3, 0.4) is 0 Å². The van der Waals surface area contributed by atoms with E-state index in [0.717, 1.165) is 26.1 Å². The number of carbonyl (C=O) groups is 2. The average molecular weight is 331 g/mol. The van der Waals surface area contributed by atoms with Crippen LogP contribution in [0.1, 0.15) is 23.3 Å². The van der Waals surface area contributed by atoms with Gasteiger partial charge >= 0.3 is 6.03 Å². The van der Waals surface area contributed by atoms with Gasteiger partial charge in [0, 0.05) is 57.8 Å². The monoisotopic (exact) mass is 331 g/mol. The second-order valence-electron chi connectivity index (χ2n) is 6.47. The quantitative estimate of drug-likeness (QED) is 0.774. The first-order valence-electron chi connectivity index (χ1n) is 8.44. The molecule has 0 N–H and O–H groups in total. The Morgan fingerprint density at radius 1 is 1.08 bits per heavy atom. The molecule has 1 aromatic rings. The van der Waals surface area contributed by atoms with Crippen LogP contribution in [0.25, 0.3) is 0 Å². The van der Waals surface area contributed by atoms with Crippen molar-refractivity contribution in [3.8, 4) is 0 Å². The average Bonchev–Trinajstić information content (AvgIpc) is 2.99. The predicted octanol–water partition coefficient (Wildman–Crippen LogP) is 0.218. The van der Waals surface area contributed by atoms with Crippen molar-refractivity contribution in [2.24, 2.45) is 0 Å². The van der Waals surface area contributed by atoms with E-state index >= 15 is 0 Å². The van der Waals surface area contributed by atoms with Gasteiger partial charge in [-0.25, -0.2) is 9.78 Å². The first kappa shape index (κ1) is 15.3. The second-order valence-corrected chi connectivity index (χ2v) is 6.47. The number of urea groups is 1. The van der Waals surface area contributed by atoms with Crippen molar-refractivity contribution in [3.63, 3.8) is 0 Å². The fourth-order valence-electron chi connectivity index (χ4n) is 3.79. The largest absolute Gasteiger partial charge is 0.381 e. The number of ether oxygens (including phenoxy) is 1. The van der Waals surface area contributed by atoms with Crippen molar-refractivity contribution in [1.82, 2.24) is 24.7 Å². The smallest absolute Gasteiger partial charge is 0.320 e. The van der Waals surface area contributed by atoms with Crippen molar-refractivity contribution in [1.29, 1.82) is 0 Å². The third-order valence-electron chi connectivity index (χ3n) is 5.08. The van der Waals surface area contributed by atoms with Gasteiger partial charge in [-0.2, -0.15) is 0 Å². The number of fused-ring (bicyclic) bond motifs is 1. The zero-order valence-corrected chi connectivity index (χ0v) is 13.5. The lowest BCUT2D eigenvalue weighted by Crippen LogP contribution is -2.53. The number of piperazine rings is 1. The topological polar surface area (TPSA) is 78.9 Å². The molecule has 0 unspecified atom stereocenters. The molecule has 8 heteroatoms. The first-order valence-corrected chi connectivity index (χ1v) is 8.44. The van der Waals surface area contributed by atoms with Gasteiger partial charge in [-0.05, 0) is 12.8 Å². The van der Waals surface area contributed by atoms with E-state index in [1.54, 1.807) is 11.1 Å².